The number of fused-ring (bicyclic) bond motifs is 1. The van der Waals surface area contributed by atoms with Crippen molar-refractivity contribution in [2.45, 2.75) is 50.1 Å². The number of nitrogens with one attached hydrogen (secondary N) is 1. The van der Waals surface area contributed by atoms with Gasteiger partial charge in [-0.15, -0.1) is 11.8 Å². The molecule has 0 aromatic carbocycles. The summed E-state index contributed by atoms with van der Waals surface area (Å²) >= 11 is 1.42. The second-order valence-corrected chi connectivity index (χ2v) is 10.9. The van der Waals surface area contributed by atoms with Gasteiger partial charge in [-0.3, -0.25) is 19.3 Å². The molecule has 0 bridgehead atoms. The fourth-order valence-electron chi connectivity index (χ4n) is 5.60. The predicted octanol–water partition coefficient (Wildman–Crippen LogP) is -0.777. The average molecular weight is 497 g/mol. The smallest absolute Gasteiger partial charge is 0.353 e. The fourth-order valence-corrected chi connectivity index (χ4v) is 7.08. The van der Waals surface area contributed by atoms with Crippen molar-refractivity contribution in [3.63, 3.8) is 0 Å². The topological polar surface area (TPSA) is 151 Å². The molecule has 0 unspecified atom stereocenters. The number of nitrogens with zero attached hydrogens (tertiary/aromatic N) is 3. The first-order valence-electron chi connectivity index (χ1n) is 11.7. The monoisotopic (exact) mass is 496 g/mol. The highest BCUT2D eigenvalue weighted by molar-refractivity contribution is 8.03. The maximum Gasteiger partial charge on any atom is 0.353 e. The highest BCUT2D eigenvalue weighted by Crippen LogP contribution is 2.51. The highest BCUT2D eigenvalue weighted by atomic mass is 32.2. The summed E-state index contributed by atoms with van der Waals surface area (Å²) in [6.07, 6.45) is 0.414. The molecule has 0 aliphatic carbocycles. The Bertz CT molecular complexity index is 910. The van der Waals surface area contributed by atoms with Gasteiger partial charge < -0.3 is 30.4 Å². The van der Waals surface area contributed by atoms with Crippen LogP contribution in [-0.4, -0.2) is 116 Å². The van der Waals surface area contributed by atoms with Crippen molar-refractivity contribution in [1.82, 2.24) is 20.0 Å². The maximum atomic E-state index is 13.1. The molecular weight excluding hydrogens is 464 g/mol. The number of hydrogen-bond donors (Lipinski definition) is 4. The van der Waals surface area contributed by atoms with Gasteiger partial charge >= 0.3 is 11.9 Å². The molecule has 2 amide bonds. The van der Waals surface area contributed by atoms with Gasteiger partial charge in [0.2, 0.25) is 11.8 Å². The summed E-state index contributed by atoms with van der Waals surface area (Å²) in [6, 6.07) is -0.725. The van der Waals surface area contributed by atoms with Crippen molar-refractivity contribution in [2.24, 2.45) is 11.8 Å². The Balaban J connectivity index is 1.38. The van der Waals surface area contributed by atoms with E-state index < -0.39 is 24.0 Å². The second kappa shape index (κ2) is 9.84. The van der Waals surface area contributed by atoms with E-state index in [0.717, 1.165) is 0 Å². The minimum Gasteiger partial charge on any atom is -0.480 e. The number of carbonyl (C=O) groups excluding carboxylic acids is 2. The first-order chi connectivity index (χ1) is 16.1. The summed E-state index contributed by atoms with van der Waals surface area (Å²) in [5.41, 5.74) is 0.00483. The van der Waals surface area contributed by atoms with Gasteiger partial charge in [-0.2, -0.15) is 0 Å². The van der Waals surface area contributed by atoms with Crippen LogP contribution in [0.15, 0.2) is 10.6 Å². The predicted molar refractivity (Wildman–Crippen MR) is 123 cm³/mol. The van der Waals surface area contributed by atoms with Crippen LogP contribution < -0.4 is 5.32 Å². The van der Waals surface area contributed by atoms with E-state index in [1.165, 1.54) is 16.7 Å². The van der Waals surface area contributed by atoms with Crippen molar-refractivity contribution in [3.05, 3.63) is 10.6 Å². The van der Waals surface area contributed by atoms with Crippen molar-refractivity contribution in [2.75, 3.05) is 39.3 Å². The quantitative estimate of drug-likeness (QED) is 0.331. The van der Waals surface area contributed by atoms with Gasteiger partial charge in [0.05, 0.1) is 30.7 Å². The Morgan fingerprint density at radius 2 is 1.91 bits per heavy atom. The first kappa shape index (κ1) is 25.0. The Hall–Kier alpha value is -2.15. The minimum absolute atomic E-state index is 0.00483. The third-order valence-electron chi connectivity index (χ3n) is 7.25. The minimum atomic E-state index is -1.15. The standard InChI is InChI=1S/C22H32N4O7S/c1-11-17-16(12(2)27)21(31)26(17)18(22(32)33)19(11)34-13-8-14(23-9-13)20(30)25-5-3-4-24(6-7-25)10-15(28)29/h11-14,16-17,23,27H,3-10H2,1-2H3,(H,28,29)(H,32,33)/t11-,12-,13+,14+,16-,17-/m1/s1. The Labute approximate surface area is 202 Å². The summed E-state index contributed by atoms with van der Waals surface area (Å²) in [6.45, 7) is 6.18. The Morgan fingerprint density at radius 3 is 2.56 bits per heavy atom. The van der Waals surface area contributed by atoms with Crippen LogP contribution in [0.2, 0.25) is 0 Å². The number of amides is 2. The van der Waals surface area contributed by atoms with E-state index in [0.29, 0.717) is 50.5 Å². The zero-order valence-corrected chi connectivity index (χ0v) is 20.2. The van der Waals surface area contributed by atoms with Crippen molar-refractivity contribution in [3.8, 4) is 0 Å². The lowest BCUT2D eigenvalue weighted by Crippen LogP contribution is -2.63. The van der Waals surface area contributed by atoms with Crippen LogP contribution in [0.25, 0.3) is 0 Å². The van der Waals surface area contributed by atoms with Gasteiger partial charge in [0.1, 0.15) is 5.70 Å². The van der Waals surface area contributed by atoms with Crippen LogP contribution in [0.4, 0.5) is 0 Å². The molecule has 6 atom stereocenters. The number of aliphatic hydroxyl groups excluding tert-OH is 1. The molecule has 0 saturated carbocycles. The van der Waals surface area contributed by atoms with E-state index in [1.54, 1.807) is 11.8 Å². The van der Waals surface area contributed by atoms with E-state index in [1.807, 2.05) is 11.8 Å². The van der Waals surface area contributed by atoms with Crippen LogP contribution in [0.3, 0.4) is 0 Å². The molecule has 11 nitrogen and oxygen atoms in total. The first-order valence-corrected chi connectivity index (χ1v) is 12.6. The van der Waals surface area contributed by atoms with Gasteiger partial charge in [0.15, 0.2) is 0 Å². The van der Waals surface area contributed by atoms with E-state index >= 15 is 0 Å². The lowest BCUT2D eigenvalue weighted by molar-refractivity contribution is -0.163. The van der Waals surface area contributed by atoms with E-state index in [-0.39, 0.29) is 47.3 Å². The van der Waals surface area contributed by atoms with Crippen LogP contribution in [-0.2, 0) is 19.2 Å². The van der Waals surface area contributed by atoms with Gasteiger partial charge in [-0.1, -0.05) is 6.92 Å². The molecule has 0 spiro atoms. The number of β-lactam (4-membered cyclic amide) rings is 1. The largest absolute Gasteiger partial charge is 0.480 e. The van der Waals surface area contributed by atoms with E-state index in [4.69, 9.17) is 5.11 Å². The Morgan fingerprint density at radius 1 is 1.18 bits per heavy atom. The Kier molecular flexibility index (Phi) is 7.22. The second-order valence-electron chi connectivity index (χ2n) is 9.56. The lowest BCUT2D eigenvalue weighted by Gasteiger charge is -2.46. The summed E-state index contributed by atoms with van der Waals surface area (Å²) in [4.78, 5) is 54.2. The SMILES string of the molecule is C[C@@H](O)[C@H]1C(=O)N2C(C(=O)O)=C(S[C@@H]3CN[C@H](C(=O)N4CCCN(CC(=O)O)CC4)C3)[C@H](C)[C@H]12. The van der Waals surface area contributed by atoms with Crippen LogP contribution >= 0.6 is 11.8 Å². The molecular formula is C22H32N4O7S. The fraction of sp³-hybridized carbons (Fsp3) is 0.727. The molecule has 12 heteroatoms. The number of carbonyl (C=O) groups is 4. The molecule has 3 saturated heterocycles. The summed E-state index contributed by atoms with van der Waals surface area (Å²) in [5, 5.41) is 32.1. The molecule has 4 heterocycles. The normalized spacial score (nSPS) is 32.9. The van der Waals surface area contributed by atoms with E-state index in [2.05, 4.69) is 5.32 Å². The zero-order valence-electron chi connectivity index (χ0n) is 19.3. The van der Waals surface area contributed by atoms with Crippen LogP contribution in [0, 0.1) is 11.8 Å². The number of thioether (sulfide) groups is 1. The number of hydrogen-bond acceptors (Lipinski definition) is 8. The van der Waals surface area contributed by atoms with Gasteiger partial charge in [-0.05, 0) is 19.8 Å². The molecule has 4 rings (SSSR count). The summed E-state index contributed by atoms with van der Waals surface area (Å²) < 4.78 is 0. The van der Waals surface area contributed by atoms with Crippen molar-refractivity contribution in [1.29, 1.82) is 0 Å². The summed E-state index contributed by atoms with van der Waals surface area (Å²) in [5.74, 6) is -3.19. The van der Waals surface area contributed by atoms with Gasteiger partial charge in [0, 0.05) is 48.8 Å². The number of rotatable bonds is 7. The number of carboxylic acids is 2. The number of carboxylic acid groups (broad SMARTS) is 2. The average Bonchev–Trinajstić information content (AvgIpc) is 3.22. The zero-order chi connectivity index (χ0) is 24.7. The third-order valence-corrected chi connectivity index (χ3v) is 8.76. The molecule has 188 valence electrons. The highest BCUT2D eigenvalue weighted by Gasteiger charge is 2.60. The van der Waals surface area contributed by atoms with Gasteiger partial charge in [-0.25, -0.2) is 4.79 Å². The van der Waals surface area contributed by atoms with Crippen molar-refractivity contribution < 1.29 is 34.5 Å². The third kappa shape index (κ3) is 4.56. The molecule has 4 aliphatic rings. The summed E-state index contributed by atoms with van der Waals surface area (Å²) in [7, 11) is 0. The molecule has 0 aromatic rings. The number of aliphatic hydroxyl groups is 1. The number of aliphatic carboxylic acids is 2. The van der Waals surface area contributed by atoms with E-state index in [9.17, 15) is 29.4 Å². The molecule has 3 fully saturated rings. The molecule has 4 aliphatic heterocycles. The van der Waals surface area contributed by atoms with Crippen molar-refractivity contribution >= 4 is 35.5 Å². The molecule has 34 heavy (non-hydrogen) atoms. The lowest BCUT2D eigenvalue weighted by atomic mass is 9.79. The molecule has 4 N–H and O–H groups in total. The molecule has 0 aromatic heterocycles. The van der Waals surface area contributed by atoms with Crippen LogP contribution in [0.1, 0.15) is 26.7 Å². The maximum absolute atomic E-state index is 13.1. The molecule has 0 radical (unpaired) electrons. The van der Waals surface area contributed by atoms with Gasteiger partial charge in [0.25, 0.3) is 0 Å². The van der Waals surface area contributed by atoms with Crippen LogP contribution in [0.5, 0.6) is 0 Å².